The maximum Gasteiger partial charge on any atom is 0.354 e. The molecule has 1 rings (SSSR count). The monoisotopic (exact) mass is 228 g/mol. The number of carbonyl (C=O) groups is 1. The van der Waals surface area contributed by atoms with E-state index in [0.29, 0.717) is 25.5 Å². The number of hydroxylamine groups is 1. The molecule has 0 fully saturated rings. The van der Waals surface area contributed by atoms with Gasteiger partial charge in [-0.15, -0.1) is 0 Å². The van der Waals surface area contributed by atoms with Crippen LogP contribution >= 0.6 is 0 Å². The first-order valence-electron chi connectivity index (χ1n) is 4.87. The number of esters is 1. The molecule has 0 saturated heterocycles. The lowest BCUT2D eigenvalue weighted by molar-refractivity contribution is 0.00302. The molecule has 16 heavy (non-hydrogen) atoms. The summed E-state index contributed by atoms with van der Waals surface area (Å²) in [4.78, 5) is 19.1. The molecule has 0 saturated carbocycles. The van der Waals surface area contributed by atoms with Crippen LogP contribution in [0.5, 0.6) is 0 Å². The Labute approximate surface area is 93.8 Å². The van der Waals surface area contributed by atoms with Gasteiger partial charge in [0, 0.05) is 12.8 Å². The third-order valence-electron chi connectivity index (χ3n) is 1.91. The lowest BCUT2D eigenvalue weighted by Crippen LogP contribution is -2.17. The van der Waals surface area contributed by atoms with Crippen molar-refractivity contribution in [3.63, 3.8) is 0 Å². The van der Waals surface area contributed by atoms with Crippen LogP contribution in [0.2, 0.25) is 0 Å². The number of aromatic nitrogens is 1. The third kappa shape index (κ3) is 4.01. The van der Waals surface area contributed by atoms with E-state index in [1.807, 2.05) is 0 Å². The van der Waals surface area contributed by atoms with E-state index in [4.69, 9.17) is 9.57 Å². The number of H-pyrrole nitrogens is 1. The fourth-order valence-corrected chi connectivity index (χ4v) is 1.10. The van der Waals surface area contributed by atoms with Crippen molar-refractivity contribution >= 4 is 5.97 Å². The number of methoxy groups -OCH3 is 2. The normalized spacial score (nSPS) is 10.4. The summed E-state index contributed by atoms with van der Waals surface area (Å²) in [5.74, 6) is -0.383. The summed E-state index contributed by atoms with van der Waals surface area (Å²) in [6.45, 7) is 1.49. The molecule has 1 aromatic rings. The van der Waals surface area contributed by atoms with Gasteiger partial charge in [-0.25, -0.2) is 4.79 Å². The number of rotatable bonds is 7. The Balaban J connectivity index is 2.27. The molecule has 0 radical (unpaired) electrons. The number of nitrogens with one attached hydrogen (secondary N) is 2. The van der Waals surface area contributed by atoms with Crippen molar-refractivity contribution < 1.29 is 19.1 Å². The zero-order chi connectivity index (χ0) is 11.8. The fourth-order valence-electron chi connectivity index (χ4n) is 1.10. The molecule has 2 N–H and O–H groups in total. The van der Waals surface area contributed by atoms with Crippen LogP contribution in [0, 0.1) is 0 Å². The van der Waals surface area contributed by atoms with Gasteiger partial charge >= 0.3 is 5.97 Å². The lowest BCUT2D eigenvalue weighted by atomic mass is 10.4. The van der Waals surface area contributed by atoms with Crippen LogP contribution in [0.15, 0.2) is 12.1 Å². The van der Waals surface area contributed by atoms with Gasteiger partial charge < -0.3 is 14.5 Å². The molecule has 1 heterocycles. The summed E-state index contributed by atoms with van der Waals surface area (Å²) in [6.07, 6.45) is 0. The van der Waals surface area contributed by atoms with Gasteiger partial charge in [-0.1, -0.05) is 0 Å². The van der Waals surface area contributed by atoms with E-state index in [-0.39, 0.29) is 5.97 Å². The topological polar surface area (TPSA) is 72.6 Å². The molecule has 0 atom stereocenters. The zero-order valence-corrected chi connectivity index (χ0v) is 9.41. The molecule has 6 nitrogen and oxygen atoms in total. The molecule has 0 bridgehead atoms. The molecular formula is C10H16N2O4. The maximum absolute atomic E-state index is 11.1. The second kappa shape index (κ2) is 7.00. The van der Waals surface area contributed by atoms with Crippen molar-refractivity contribution in [3.8, 4) is 0 Å². The fraction of sp³-hybridized carbons (Fsp3) is 0.500. The number of hydrogen-bond donors (Lipinski definition) is 2. The average Bonchev–Trinajstić information content (AvgIpc) is 2.76. The van der Waals surface area contributed by atoms with Crippen LogP contribution in [0.25, 0.3) is 0 Å². The summed E-state index contributed by atoms with van der Waals surface area (Å²) >= 11 is 0. The Morgan fingerprint density at radius 1 is 1.38 bits per heavy atom. The molecule has 0 aliphatic carbocycles. The minimum atomic E-state index is -0.383. The summed E-state index contributed by atoms with van der Waals surface area (Å²) in [5, 5.41) is 0. The zero-order valence-electron chi connectivity index (χ0n) is 9.41. The van der Waals surface area contributed by atoms with Gasteiger partial charge in [-0.2, -0.15) is 5.48 Å². The summed E-state index contributed by atoms with van der Waals surface area (Å²) < 4.78 is 9.38. The van der Waals surface area contributed by atoms with Crippen molar-refractivity contribution in [1.82, 2.24) is 10.5 Å². The van der Waals surface area contributed by atoms with Crippen molar-refractivity contribution in [1.29, 1.82) is 0 Å². The number of aromatic amines is 1. The number of carbonyl (C=O) groups excluding carboxylic acids is 1. The standard InChI is InChI=1S/C10H16N2O4/c1-14-5-6-16-11-7-8-3-4-9(12-8)10(13)15-2/h3-4,11-12H,5-7H2,1-2H3. The molecule has 6 heteroatoms. The van der Waals surface area contributed by atoms with Gasteiger partial charge in [-0.05, 0) is 12.1 Å². The van der Waals surface area contributed by atoms with E-state index < -0.39 is 0 Å². The van der Waals surface area contributed by atoms with E-state index in [1.54, 1.807) is 19.2 Å². The van der Waals surface area contributed by atoms with Gasteiger partial charge in [0.25, 0.3) is 0 Å². The molecule has 90 valence electrons. The molecule has 1 aromatic heterocycles. The number of ether oxygens (including phenoxy) is 2. The second-order valence-electron chi connectivity index (χ2n) is 3.05. The first-order valence-corrected chi connectivity index (χ1v) is 4.87. The van der Waals surface area contributed by atoms with Gasteiger partial charge in [0.2, 0.25) is 0 Å². The Morgan fingerprint density at radius 3 is 2.88 bits per heavy atom. The molecule has 0 spiro atoms. The van der Waals surface area contributed by atoms with Crippen LogP contribution in [0.4, 0.5) is 0 Å². The van der Waals surface area contributed by atoms with Crippen LogP contribution in [0.3, 0.4) is 0 Å². The minimum absolute atomic E-state index is 0.383. The van der Waals surface area contributed by atoms with Crippen LogP contribution in [-0.4, -0.2) is 38.4 Å². The highest BCUT2D eigenvalue weighted by Crippen LogP contribution is 2.02. The summed E-state index contributed by atoms with van der Waals surface area (Å²) in [7, 11) is 2.95. The summed E-state index contributed by atoms with van der Waals surface area (Å²) in [5.41, 5.74) is 4.02. The molecular weight excluding hydrogens is 212 g/mol. The Bertz CT molecular complexity index is 324. The van der Waals surface area contributed by atoms with Crippen molar-refractivity contribution in [2.24, 2.45) is 0 Å². The van der Waals surface area contributed by atoms with Gasteiger partial charge in [0.05, 0.1) is 26.9 Å². The first-order chi connectivity index (χ1) is 7.77. The molecule has 0 aliphatic heterocycles. The van der Waals surface area contributed by atoms with Gasteiger partial charge in [0.1, 0.15) is 5.69 Å². The number of hydrogen-bond acceptors (Lipinski definition) is 5. The van der Waals surface area contributed by atoms with Crippen LogP contribution in [0.1, 0.15) is 16.2 Å². The quantitative estimate of drug-likeness (QED) is 0.403. The first kappa shape index (κ1) is 12.7. The van der Waals surface area contributed by atoms with E-state index in [1.165, 1.54) is 7.11 Å². The minimum Gasteiger partial charge on any atom is -0.464 e. The predicted octanol–water partition coefficient (Wildman–Crippen LogP) is 0.469. The second-order valence-corrected chi connectivity index (χ2v) is 3.05. The SMILES string of the molecule is COCCONCc1ccc(C(=O)OC)[nH]1. The van der Waals surface area contributed by atoms with Gasteiger partial charge in [-0.3, -0.25) is 4.84 Å². The third-order valence-corrected chi connectivity index (χ3v) is 1.91. The van der Waals surface area contributed by atoms with Crippen molar-refractivity contribution in [2.75, 3.05) is 27.4 Å². The highest BCUT2D eigenvalue weighted by atomic mass is 16.7. The van der Waals surface area contributed by atoms with Crippen LogP contribution < -0.4 is 5.48 Å². The largest absolute Gasteiger partial charge is 0.464 e. The average molecular weight is 228 g/mol. The van der Waals surface area contributed by atoms with E-state index >= 15 is 0 Å². The van der Waals surface area contributed by atoms with Crippen LogP contribution in [-0.2, 0) is 20.9 Å². The van der Waals surface area contributed by atoms with Gasteiger partial charge in [0.15, 0.2) is 0 Å². The summed E-state index contributed by atoms with van der Waals surface area (Å²) in [6, 6.07) is 3.46. The Kier molecular flexibility index (Phi) is 5.55. The van der Waals surface area contributed by atoms with Crippen molar-refractivity contribution in [2.45, 2.75) is 6.54 Å². The predicted molar refractivity (Wildman–Crippen MR) is 56.8 cm³/mol. The molecule has 0 aromatic carbocycles. The molecule has 0 unspecified atom stereocenters. The highest BCUT2D eigenvalue weighted by molar-refractivity contribution is 5.87. The van der Waals surface area contributed by atoms with Crippen molar-refractivity contribution in [3.05, 3.63) is 23.5 Å². The van der Waals surface area contributed by atoms with E-state index in [2.05, 4.69) is 15.2 Å². The smallest absolute Gasteiger partial charge is 0.354 e. The molecule has 0 amide bonds. The highest BCUT2D eigenvalue weighted by Gasteiger charge is 2.07. The van der Waals surface area contributed by atoms with E-state index in [9.17, 15) is 4.79 Å². The Morgan fingerprint density at radius 2 is 2.19 bits per heavy atom. The molecule has 0 aliphatic rings. The maximum atomic E-state index is 11.1. The Hall–Kier alpha value is -1.37. The lowest BCUT2D eigenvalue weighted by Gasteiger charge is -2.03. The van der Waals surface area contributed by atoms with E-state index in [0.717, 1.165) is 5.69 Å².